The van der Waals surface area contributed by atoms with Gasteiger partial charge in [0.05, 0.1) is 10.5 Å². The quantitative estimate of drug-likeness (QED) is 0.698. The van der Waals surface area contributed by atoms with E-state index in [4.69, 9.17) is 4.42 Å². The molecule has 0 aliphatic carbocycles. The van der Waals surface area contributed by atoms with E-state index in [1.807, 2.05) is 0 Å². The maximum absolute atomic E-state index is 13.5. The van der Waals surface area contributed by atoms with Crippen molar-refractivity contribution in [1.29, 1.82) is 0 Å². The SMILES string of the molecule is O=S(=O)(c1cccc(F)c1)N1CCC[C@H]1c1nnc(-c2cccnc2)o1. The Morgan fingerprint density at radius 1 is 1.19 bits per heavy atom. The predicted molar refractivity (Wildman–Crippen MR) is 89.8 cm³/mol. The van der Waals surface area contributed by atoms with Crippen molar-refractivity contribution >= 4 is 10.0 Å². The minimum atomic E-state index is -3.86. The van der Waals surface area contributed by atoms with Gasteiger partial charge in [0, 0.05) is 18.9 Å². The summed E-state index contributed by atoms with van der Waals surface area (Å²) in [5.41, 5.74) is 0.656. The number of pyridine rings is 1. The first kappa shape index (κ1) is 16.8. The van der Waals surface area contributed by atoms with Crippen molar-refractivity contribution in [2.45, 2.75) is 23.8 Å². The van der Waals surface area contributed by atoms with Crippen LogP contribution in [0.5, 0.6) is 0 Å². The van der Waals surface area contributed by atoms with E-state index in [0.29, 0.717) is 24.9 Å². The first-order valence-corrected chi connectivity index (χ1v) is 9.51. The third kappa shape index (κ3) is 2.99. The monoisotopic (exact) mass is 374 g/mol. The lowest BCUT2D eigenvalue weighted by Crippen LogP contribution is -2.31. The van der Waals surface area contributed by atoms with Gasteiger partial charge in [-0.05, 0) is 43.2 Å². The lowest BCUT2D eigenvalue weighted by molar-refractivity contribution is 0.332. The number of benzene rings is 1. The number of hydrogen-bond acceptors (Lipinski definition) is 6. The third-order valence-electron chi connectivity index (χ3n) is 4.24. The summed E-state index contributed by atoms with van der Waals surface area (Å²) in [7, 11) is -3.86. The Hall–Kier alpha value is -2.65. The molecule has 1 fully saturated rings. The van der Waals surface area contributed by atoms with Gasteiger partial charge in [-0.25, -0.2) is 12.8 Å². The Balaban J connectivity index is 1.66. The molecule has 26 heavy (non-hydrogen) atoms. The van der Waals surface area contributed by atoms with Gasteiger partial charge in [-0.3, -0.25) is 4.98 Å². The van der Waals surface area contributed by atoms with Crippen LogP contribution in [0.15, 0.2) is 58.1 Å². The van der Waals surface area contributed by atoms with Gasteiger partial charge in [0.25, 0.3) is 0 Å². The lowest BCUT2D eigenvalue weighted by Gasteiger charge is -2.21. The highest BCUT2D eigenvalue weighted by molar-refractivity contribution is 7.89. The Morgan fingerprint density at radius 2 is 2.08 bits per heavy atom. The molecule has 134 valence electrons. The number of hydrogen-bond donors (Lipinski definition) is 0. The molecular formula is C17H15FN4O3S. The highest BCUT2D eigenvalue weighted by Gasteiger charge is 2.39. The van der Waals surface area contributed by atoms with Crippen molar-refractivity contribution in [2.75, 3.05) is 6.54 Å². The molecule has 2 aromatic heterocycles. The highest BCUT2D eigenvalue weighted by Crippen LogP contribution is 2.36. The molecule has 1 aromatic carbocycles. The number of halogens is 1. The normalized spacial score (nSPS) is 18.3. The first-order chi connectivity index (χ1) is 12.6. The van der Waals surface area contributed by atoms with Gasteiger partial charge in [-0.1, -0.05) is 6.07 Å². The molecule has 3 heterocycles. The Kier molecular flexibility index (Phi) is 4.25. The number of sulfonamides is 1. The van der Waals surface area contributed by atoms with E-state index in [9.17, 15) is 12.8 Å². The van der Waals surface area contributed by atoms with Crippen LogP contribution in [0, 0.1) is 5.82 Å². The fourth-order valence-corrected chi connectivity index (χ4v) is 4.70. The molecule has 0 N–H and O–H groups in total. The van der Waals surface area contributed by atoms with Gasteiger partial charge in [0.2, 0.25) is 21.8 Å². The molecule has 0 unspecified atom stereocenters. The van der Waals surface area contributed by atoms with Gasteiger partial charge < -0.3 is 4.42 Å². The minimum absolute atomic E-state index is 0.0867. The van der Waals surface area contributed by atoms with E-state index in [0.717, 1.165) is 6.07 Å². The molecule has 0 amide bonds. The summed E-state index contributed by atoms with van der Waals surface area (Å²) >= 11 is 0. The summed E-state index contributed by atoms with van der Waals surface area (Å²) in [6.45, 7) is 0.314. The predicted octanol–water partition coefficient (Wildman–Crippen LogP) is 2.80. The second-order valence-corrected chi connectivity index (χ2v) is 7.81. The lowest BCUT2D eigenvalue weighted by atomic mass is 10.2. The van der Waals surface area contributed by atoms with E-state index in [2.05, 4.69) is 15.2 Å². The zero-order valence-electron chi connectivity index (χ0n) is 13.6. The van der Waals surface area contributed by atoms with E-state index < -0.39 is 21.9 Å². The Morgan fingerprint density at radius 3 is 2.85 bits per heavy atom. The molecule has 7 nitrogen and oxygen atoms in total. The molecule has 0 saturated carbocycles. The van der Waals surface area contributed by atoms with Crippen molar-refractivity contribution in [3.8, 4) is 11.5 Å². The van der Waals surface area contributed by atoms with Crippen molar-refractivity contribution in [3.05, 3.63) is 60.5 Å². The highest BCUT2D eigenvalue weighted by atomic mass is 32.2. The van der Waals surface area contributed by atoms with Crippen molar-refractivity contribution in [2.24, 2.45) is 0 Å². The molecule has 1 aliphatic heterocycles. The van der Waals surface area contributed by atoms with Crippen LogP contribution >= 0.6 is 0 Å². The third-order valence-corrected chi connectivity index (χ3v) is 6.14. The largest absolute Gasteiger partial charge is 0.419 e. The van der Waals surface area contributed by atoms with Crippen LogP contribution < -0.4 is 0 Å². The summed E-state index contributed by atoms with van der Waals surface area (Å²) in [5, 5.41) is 8.02. The molecule has 9 heteroatoms. The molecule has 0 spiro atoms. The standard InChI is InChI=1S/C17H15FN4O3S/c18-13-5-1-6-14(10-13)26(23,24)22-9-3-7-15(22)17-21-20-16(25-17)12-4-2-8-19-11-12/h1-2,4-6,8,10-11,15H,3,7,9H2/t15-/m0/s1. The van der Waals surface area contributed by atoms with E-state index in [-0.39, 0.29) is 16.7 Å². The maximum Gasteiger partial charge on any atom is 0.249 e. The summed E-state index contributed by atoms with van der Waals surface area (Å²) in [6, 6.07) is 7.93. The van der Waals surface area contributed by atoms with Crippen LogP contribution in [0.25, 0.3) is 11.5 Å². The number of aromatic nitrogens is 3. The molecular weight excluding hydrogens is 359 g/mol. The minimum Gasteiger partial charge on any atom is -0.419 e. The van der Waals surface area contributed by atoms with E-state index >= 15 is 0 Å². The van der Waals surface area contributed by atoms with Gasteiger partial charge in [-0.2, -0.15) is 4.31 Å². The Bertz CT molecular complexity index is 1020. The molecule has 0 radical (unpaired) electrons. The summed E-state index contributed by atoms with van der Waals surface area (Å²) in [4.78, 5) is 3.91. The zero-order valence-corrected chi connectivity index (χ0v) is 14.4. The number of nitrogens with zero attached hydrogens (tertiary/aromatic N) is 4. The van der Waals surface area contributed by atoms with Gasteiger partial charge in [0.1, 0.15) is 11.9 Å². The van der Waals surface area contributed by atoms with Gasteiger partial charge in [0.15, 0.2) is 0 Å². The Labute approximate surface area is 149 Å². The second-order valence-electron chi connectivity index (χ2n) is 5.92. The topological polar surface area (TPSA) is 89.2 Å². The molecule has 1 atom stereocenters. The van der Waals surface area contributed by atoms with Gasteiger partial charge in [-0.15, -0.1) is 10.2 Å². The second kappa shape index (κ2) is 6.58. The van der Waals surface area contributed by atoms with Crippen LogP contribution in [0.3, 0.4) is 0 Å². The van der Waals surface area contributed by atoms with E-state index in [1.165, 1.54) is 22.5 Å². The van der Waals surface area contributed by atoms with Crippen molar-refractivity contribution < 1.29 is 17.2 Å². The fourth-order valence-electron chi connectivity index (χ4n) is 3.01. The fraction of sp³-hybridized carbons (Fsp3) is 0.235. The zero-order chi connectivity index (χ0) is 18.1. The summed E-state index contributed by atoms with van der Waals surface area (Å²) in [5.74, 6) is -0.0945. The maximum atomic E-state index is 13.5. The molecule has 1 saturated heterocycles. The van der Waals surface area contributed by atoms with E-state index in [1.54, 1.807) is 24.5 Å². The number of rotatable bonds is 4. The molecule has 4 rings (SSSR count). The van der Waals surface area contributed by atoms with Crippen LogP contribution in [-0.4, -0.2) is 34.4 Å². The van der Waals surface area contributed by atoms with Crippen molar-refractivity contribution in [3.63, 3.8) is 0 Å². The van der Waals surface area contributed by atoms with Crippen LogP contribution in [0.1, 0.15) is 24.8 Å². The average molecular weight is 374 g/mol. The molecule has 1 aliphatic rings. The summed E-state index contributed by atoms with van der Waals surface area (Å²) < 4.78 is 46.3. The van der Waals surface area contributed by atoms with Gasteiger partial charge >= 0.3 is 0 Å². The smallest absolute Gasteiger partial charge is 0.249 e. The summed E-state index contributed by atoms with van der Waals surface area (Å²) in [6.07, 6.45) is 4.44. The van der Waals surface area contributed by atoms with Crippen LogP contribution in [-0.2, 0) is 10.0 Å². The molecule has 0 bridgehead atoms. The van der Waals surface area contributed by atoms with Crippen LogP contribution in [0.4, 0.5) is 4.39 Å². The first-order valence-electron chi connectivity index (χ1n) is 8.07. The average Bonchev–Trinajstić information content (AvgIpc) is 3.32. The van der Waals surface area contributed by atoms with Crippen molar-refractivity contribution in [1.82, 2.24) is 19.5 Å². The van der Waals surface area contributed by atoms with Crippen LogP contribution in [0.2, 0.25) is 0 Å². The molecule has 3 aromatic rings.